The van der Waals surface area contributed by atoms with Crippen LogP contribution in [0.4, 0.5) is 5.69 Å². The first-order chi connectivity index (χ1) is 16.9. The molecule has 8 nitrogen and oxygen atoms in total. The summed E-state index contributed by atoms with van der Waals surface area (Å²) in [5, 5.41) is 5.76. The summed E-state index contributed by atoms with van der Waals surface area (Å²) in [6.45, 7) is 3.58. The number of rotatable bonds is 8. The fourth-order valence-corrected chi connectivity index (χ4v) is 4.54. The van der Waals surface area contributed by atoms with Gasteiger partial charge < -0.3 is 15.1 Å². The van der Waals surface area contributed by atoms with E-state index in [4.69, 9.17) is 4.42 Å². The molecule has 182 valence electrons. The van der Waals surface area contributed by atoms with E-state index in [9.17, 15) is 14.4 Å². The van der Waals surface area contributed by atoms with Crippen LogP contribution in [-0.2, 0) is 9.59 Å². The van der Waals surface area contributed by atoms with Gasteiger partial charge in [-0.2, -0.15) is 0 Å². The predicted molar refractivity (Wildman–Crippen MR) is 132 cm³/mol. The van der Waals surface area contributed by atoms with Crippen molar-refractivity contribution < 1.29 is 18.8 Å². The van der Waals surface area contributed by atoms with Gasteiger partial charge >= 0.3 is 0 Å². The first kappa shape index (κ1) is 24.2. The summed E-state index contributed by atoms with van der Waals surface area (Å²) in [5.41, 5.74) is 3.14. The van der Waals surface area contributed by atoms with Gasteiger partial charge in [0, 0.05) is 24.1 Å². The van der Waals surface area contributed by atoms with E-state index in [0.29, 0.717) is 11.3 Å². The molecule has 1 saturated carbocycles. The van der Waals surface area contributed by atoms with Crippen molar-refractivity contribution in [3.8, 4) is 0 Å². The first-order valence-electron chi connectivity index (χ1n) is 11.9. The molecule has 0 saturated heterocycles. The van der Waals surface area contributed by atoms with Gasteiger partial charge in [0.15, 0.2) is 5.76 Å². The number of anilines is 1. The number of hydrogen-bond donors (Lipinski definition) is 2. The van der Waals surface area contributed by atoms with Crippen LogP contribution < -0.4 is 15.5 Å². The van der Waals surface area contributed by atoms with Crippen molar-refractivity contribution in [3.05, 3.63) is 83.6 Å². The Kier molecular flexibility index (Phi) is 7.60. The number of carbonyl (C=O) groups is 3. The molecule has 1 aliphatic rings. The van der Waals surface area contributed by atoms with Crippen LogP contribution in [0.15, 0.2) is 65.5 Å². The lowest BCUT2D eigenvalue weighted by molar-refractivity contribution is -0.126. The zero-order valence-corrected chi connectivity index (χ0v) is 20.0. The molecule has 4 rings (SSSR count). The fraction of sp³-hybridized carbons (Fsp3) is 0.333. The van der Waals surface area contributed by atoms with Crippen molar-refractivity contribution in [1.29, 1.82) is 0 Å². The SMILES string of the molecule is Cc1ccc(N(C(=O)CNC(=O)c2ccco2)[C@H](C(=O)NC2CCCC2)c2ccncc2)c(C)c1. The van der Waals surface area contributed by atoms with Gasteiger partial charge in [-0.15, -0.1) is 0 Å². The molecule has 35 heavy (non-hydrogen) atoms. The molecule has 2 N–H and O–H groups in total. The average molecular weight is 475 g/mol. The summed E-state index contributed by atoms with van der Waals surface area (Å²) in [6, 6.07) is 11.5. The predicted octanol–water partition coefficient (Wildman–Crippen LogP) is 3.85. The van der Waals surface area contributed by atoms with Crippen molar-refractivity contribution in [2.24, 2.45) is 0 Å². The molecule has 0 unspecified atom stereocenters. The topological polar surface area (TPSA) is 105 Å². The van der Waals surface area contributed by atoms with Gasteiger partial charge in [0.25, 0.3) is 5.91 Å². The summed E-state index contributed by atoms with van der Waals surface area (Å²) in [7, 11) is 0. The van der Waals surface area contributed by atoms with Crippen LogP contribution >= 0.6 is 0 Å². The van der Waals surface area contributed by atoms with E-state index in [2.05, 4.69) is 15.6 Å². The summed E-state index contributed by atoms with van der Waals surface area (Å²) in [4.78, 5) is 45.4. The molecular weight excluding hydrogens is 444 g/mol. The third-order valence-electron chi connectivity index (χ3n) is 6.26. The summed E-state index contributed by atoms with van der Waals surface area (Å²) in [5.74, 6) is -1.06. The molecule has 1 atom stereocenters. The van der Waals surface area contributed by atoms with Crippen molar-refractivity contribution in [1.82, 2.24) is 15.6 Å². The molecule has 8 heteroatoms. The lowest BCUT2D eigenvalue weighted by Gasteiger charge is -2.33. The molecule has 3 aromatic rings. The summed E-state index contributed by atoms with van der Waals surface area (Å²) >= 11 is 0. The summed E-state index contributed by atoms with van der Waals surface area (Å²) in [6.07, 6.45) is 8.60. The number of aromatic nitrogens is 1. The molecular formula is C27H30N4O4. The third kappa shape index (κ3) is 5.77. The van der Waals surface area contributed by atoms with Crippen molar-refractivity contribution in [2.75, 3.05) is 11.4 Å². The Hall–Kier alpha value is -3.94. The standard InChI is InChI=1S/C27H30N4O4/c1-18-9-10-22(19(2)16-18)31(24(32)17-29-26(33)23-8-5-15-35-23)25(20-11-13-28-14-12-20)27(34)30-21-6-3-4-7-21/h5,8-16,21,25H,3-4,6-7,17H2,1-2H3,(H,29,33)(H,30,34)/t25-/m0/s1. The van der Waals surface area contributed by atoms with Gasteiger partial charge in [0.05, 0.1) is 12.8 Å². The second kappa shape index (κ2) is 11.0. The van der Waals surface area contributed by atoms with Gasteiger partial charge in [0.2, 0.25) is 11.8 Å². The Morgan fingerprint density at radius 3 is 2.49 bits per heavy atom. The van der Waals surface area contributed by atoms with Crippen molar-refractivity contribution in [3.63, 3.8) is 0 Å². The maximum atomic E-state index is 13.7. The Morgan fingerprint density at radius 1 is 1.09 bits per heavy atom. The number of hydrogen-bond acceptors (Lipinski definition) is 5. The molecule has 1 aliphatic carbocycles. The van der Waals surface area contributed by atoms with E-state index in [1.54, 1.807) is 30.6 Å². The van der Waals surface area contributed by atoms with E-state index in [-0.39, 0.29) is 24.3 Å². The van der Waals surface area contributed by atoms with Crippen LogP contribution in [0.25, 0.3) is 0 Å². The fourth-order valence-electron chi connectivity index (χ4n) is 4.54. The Bertz CT molecular complexity index is 1170. The van der Waals surface area contributed by atoms with E-state index < -0.39 is 17.9 Å². The number of carbonyl (C=O) groups excluding carboxylic acids is 3. The van der Waals surface area contributed by atoms with E-state index in [1.807, 2.05) is 32.0 Å². The normalized spacial score (nSPS) is 14.3. The smallest absolute Gasteiger partial charge is 0.287 e. The van der Waals surface area contributed by atoms with Gasteiger partial charge in [-0.3, -0.25) is 24.3 Å². The number of nitrogens with zero attached hydrogens (tertiary/aromatic N) is 2. The second-order valence-electron chi connectivity index (χ2n) is 8.89. The number of nitrogens with one attached hydrogen (secondary N) is 2. The van der Waals surface area contributed by atoms with Gasteiger partial charge in [-0.25, -0.2) is 0 Å². The van der Waals surface area contributed by atoms with E-state index in [0.717, 1.165) is 36.8 Å². The minimum absolute atomic E-state index is 0.0848. The van der Waals surface area contributed by atoms with E-state index in [1.165, 1.54) is 17.2 Å². The minimum Gasteiger partial charge on any atom is -0.459 e. The molecule has 0 bridgehead atoms. The lowest BCUT2D eigenvalue weighted by atomic mass is 10.0. The van der Waals surface area contributed by atoms with Gasteiger partial charge in [-0.05, 0) is 68.1 Å². The minimum atomic E-state index is -0.923. The average Bonchev–Trinajstić information content (AvgIpc) is 3.56. The lowest BCUT2D eigenvalue weighted by Crippen LogP contribution is -2.49. The zero-order chi connectivity index (χ0) is 24.8. The van der Waals surface area contributed by atoms with Crippen LogP contribution in [-0.4, -0.2) is 35.3 Å². The Labute approximate surface area is 204 Å². The maximum absolute atomic E-state index is 13.7. The quantitative estimate of drug-likeness (QED) is 0.516. The molecule has 0 aliphatic heterocycles. The third-order valence-corrected chi connectivity index (χ3v) is 6.26. The number of aryl methyl sites for hydroxylation is 2. The van der Waals surface area contributed by atoms with Crippen LogP contribution in [0.3, 0.4) is 0 Å². The van der Waals surface area contributed by atoms with Crippen LogP contribution in [0.1, 0.15) is 59.0 Å². The highest BCUT2D eigenvalue weighted by Gasteiger charge is 2.35. The summed E-state index contributed by atoms with van der Waals surface area (Å²) < 4.78 is 5.13. The molecule has 0 radical (unpaired) electrons. The number of benzene rings is 1. The highest BCUT2D eigenvalue weighted by atomic mass is 16.3. The number of amides is 3. The molecule has 3 amide bonds. The monoisotopic (exact) mass is 474 g/mol. The highest BCUT2D eigenvalue weighted by molar-refractivity contribution is 6.04. The van der Waals surface area contributed by atoms with Crippen LogP contribution in [0.2, 0.25) is 0 Å². The number of pyridine rings is 1. The van der Waals surface area contributed by atoms with Crippen molar-refractivity contribution >= 4 is 23.4 Å². The van der Waals surface area contributed by atoms with Crippen molar-refractivity contribution in [2.45, 2.75) is 51.6 Å². The van der Waals surface area contributed by atoms with Crippen LogP contribution in [0.5, 0.6) is 0 Å². The molecule has 2 heterocycles. The molecule has 0 spiro atoms. The Balaban J connectivity index is 1.69. The largest absolute Gasteiger partial charge is 0.459 e. The first-order valence-corrected chi connectivity index (χ1v) is 11.9. The number of furan rings is 1. The zero-order valence-electron chi connectivity index (χ0n) is 20.0. The maximum Gasteiger partial charge on any atom is 0.287 e. The highest BCUT2D eigenvalue weighted by Crippen LogP contribution is 2.31. The van der Waals surface area contributed by atoms with Gasteiger partial charge in [-0.1, -0.05) is 30.5 Å². The van der Waals surface area contributed by atoms with Crippen LogP contribution in [0, 0.1) is 13.8 Å². The molecule has 1 fully saturated rings. The molecule has 2 aromatic heterocycles. The second-order valence-corrected chi connectivity index (χ2v) is 8.89. The van der Waals surface area contributed by atoms with Gasteiger partial charge in [0.1, 0.15) is 6.04 Å². The van der Waals surface area contributed by atoms with E-state index >= 15 is 0 Å². The molecule has 1 aromatic carbocycles. The Morgan fingerprint density at radius 2 is 1.83 bits per heavy atom.